The standard InChI is InChI=1S/C19H18N2O4S2/c1-4-7-21-18(25)16-10(2)11(3)27-17(16)20-19(21)26-9-15(24)13-6-5-12(22)8-14(13)23/h4-6,8,22-23H,1,7,9H2,2-3H3. The summed E-state index contributed by atoms with van der Waals surface area (Å²) in [7, 11) is 0. The number of fused-ring (bicyclic) bond motifs is 1. The van der Waals surface area contributed by atoms with E-state index in [4.69, 9.17) is 0 Å². The number of hydrogen-bond donors (Lipinski definition) is 2. The summed E-state index contributed by atoms with van der Waals surface area (Å²) in [5.74, 6) is -0.726. The number of thiophene rings is 1. The number of carbonyl (C=O) groups is 1. The molecule has 0 unspecified atom stereocenters. The summed E-state index contributed by atoms with van der Waals surface area (Å²) < 4.78 is 1.50. The van der Waals surface area contributed by atoms with Crippen LogP contribution in [0.1, 0.15) is 20.8 Å². The average Bonchev–Trinajstić information content (AvgIpc) is 2.90. The minimum absolute atomic E-state index is 0.00321. The molecule has 0 aliphatic rings. The van der Waals surface area contributed by atoms with Gasteiger partial charge in [0.2, 0.25) is 0 Å². The van der Waals surface area contributed by atoms with Crippen molar-refractivity contribution in [2.24, 2.45) is 0 Å². The molecule has 0 saturated carbocycles. The zero-order valence-corrected chi connectivity index (χ0v) is 16.5. The van der Waals surface area contributed by atoms with E-state index in [9.17, 15) is 19.8 Å². The molecule has 0 aliphatic carbocycles. The van der Waals surface area contributed by atoms with Gasteiger partial charge in [0.25, 0.3) is 5.56 Å². The van der Waals surface area contributed by atoms with Gasteiger partial charge < -0.3 is 10.2 Å². The maximum atomic E-state index is 12.9. The second-order valence-corrected chi connectivity index (χ2v) is 8.12. The van der Waals surface area contributed by atoms with Gasteiger partial charge >= 0.3 is 0 Å². The number of rotatable bonds is 6. The third-order valence-corrected chi connectivity index (χ3v) is 6.26. The predicted octanol–water partition coefficient (Wildman–Crippen LogP) is 3.65. The van der Waals surface area contributed by atoms with Crippen LogP contribution in [0.2, 0.25) is 0 Å². The molecule has 2 heterocycles. The molecule has 0 amide bonds. The van der Waals surface area contributed by atoms with Crippen molar-refractivity contribution in [1.29, 1.82) is 0 Å². The fourth-order valence-electron chi connectivity index (χ4n) is 2.67. The maximum absolute atomic E-state index is 12.9. The lowest BCUT2D eigenvalue weighted by molar-refractivity contribution is 0.102. The lowest BCUT2D eigenvalue weighted by Crippen LogP contribution is -2.23. The molecule has 8 heteroatoms. The van der Waals surface area contributed by atoms with Crippen molar-refractivity contribution in [3.63, 3.8) is 0 Å². The Labute approximate surface area is 163 Å². The molecule has 6 nitrogen and oxygen atoms in total. The molecule has 0 atom stereocenters. The van der Waals surface area contributed by atoms with Crippen LogP contribution in [0.15, 0.2) is 40.8 Å². The molecule has 2 aromatic heterocycles. The van der Waals surface area contributed by atoms with E-state index in [0.29, 0.717) is 15.4 Å². The SMILES string of the molecule is C=CCn1c(SCC(=O)c2ccc(O)cc2O)nc2sc(C)c(C)c2c1=O. The van der Waals surface area contributed by atoms with Gasteiger partial charge in [0, 0.05) is 17.5 Å². The molecule has 0 fully saturated rings. The van der Waals surface area contributed by atoms with Crippen LogP contribution in [0.4, 0.5) is 0 Å². The normalized spacial score (nSPS) is 11.0. The van der Waals surface area contributed by atoms with Crippen LogP contribution >= 0.6 is 23.1 Å². The molecule has 0 spiro atoms. The first-order valence-corrected chi connectivity index (χ1v) is 9.93. The molecule has 0 saturated heterocycles. The highest BCUT2D eigenvalue weighted by Gasteiger charge is 2.18. The second kappa shape index (κ2) is 7.58. The molecule has 140 valence electrons. The van der Waals surface area contributed by atoms with Crippen LogP contribution in [0.5, 0.6) is 11.5 Å². The first kappa shape index (κ1) is 19.2. The first-order valence-electron chi connectivity index (χ1n) is 8.13. The van der Waals surface area contributed by atoms with Crippen molar-refractivity contribution in [1.82, 2.24) is 9.55 Å². The number of phenols is 2. The quantitative estimate of drug-likeness (QED) is 0.283. The fourth-order valence-corrected chi connectivity index (χ4v) is 4.63. The van der Waals surface area contributed by atoms with E-state index in [1.807, 2.05) is 13.8 Å². The Balaban J connectivity index is 1.96. The summed E-state index contributed by atoms with van der Waals surface area (Å²) in [4.78, 5) is 31.6. The van der Waals surface area contributed by atoms with E-state index in [1.54, 1.807) is 6.08 Å². The van der Waals surface area contributed by atoms with E-state index in [0.717, 1.165) is 28.3 Å². The molecule has 3 aromatic rings. The molecule has 0 radical (unpaired) electrons. The summed E-state index contributed by atoms with van der Waals surface area (Å²) in [5.41, 5.74) is 0.887. The summed E-state index contributed by atoms with van der Waals surface area (Å²) in [6.45, 7) is 7.83. The van der Waals surface area contributed by atoms with E-state index < -0.39 is 0 Å². The van der Waals surface area contributed by atoms with Crippen molar-refractivity contribution in [2.45, 2.75) is 25.5 Å². The number of allylic oxidation sites excluding steroid dienone is 1. The number of carbonyl (C=O) groups excluding carboxylic acids is 1. The molecular formula is C19H18N2O4S2. The van der Waals surface area contributed by atoms with Gasteiger partial charge in [-0.15, -0.1) is 17.9 Å². The summed E-state index contributed by atoms with van der Waals surface area (Å²) in [5, 5.41) is 20.2. The van der Waals surface area contributed by atoms with E-state index in [-0.39, 0.29) is 40.7 Å². The molecule has 0 bridgehead atoms. The zero-order valence-electron chi connectivity index (χ0n) is 14.9. The highest BCUT2D eigenvalue weighted by Crippen LogP contribution is 2.29. The van der Waals surface area contributed by atoms with Crippen LogP contribution in [-0.4, -0.2) is 31.3 Å². The number of thioether (sulfide) groups is 1. The second-order valence-electron chi connectivity index (χ2n) is 5.98. The molecule has 1 aromatic carbocycles. The number of hydrogen-bond acceptors (Lipinski definition) is 7. The largest absolute Gasteiger partial charge is 0.508 e. The topological polar surface area (TPSA) is 92.4 Å². The predicted molar refractivity (Wildman–Crippen MR) is 108 cm³/mol. The number of ketones is 1. The van der Waals surface area contributed by atoms with Gasteiger partial charge in [0.05, 0.1) is 16.7 Å². The number of nitrogens with zero attached hydrogens (tertiary/aromatic N) is 2. The summed E-state index contributed by atoms with van der Waals surface area (Å²) in [6, 6.07) is 3.83. The fraction of sp³-hybridized carbons (Fsp3) is 0.211. The Morgan fingerprint density at radius 3 is 2.78 bits per heavy atom. The number of aryl methyl sites for hydroxylation is 2. The smallest absolute Gasteiger partial charge is 0.263 e. The number of aromatic nitrogens is 2. The van der Waals surface area contributed by atoms with E-state index in [2.05, 4.69) is 11.6 Å². The van der Waals surface area contributed by atoms with E-state index >= 15 is 0 Å². The molecule has 3 rings (SSSR count). The third kappa shape index (κ3) is 3.63. The van der Waals surface area contributed by atoms with Crippen molar-refractivity contribution in [3.8, 4) is 11.5 Å². The molecular weight excluding hydrogens is 384 g/mol. The number of phenolic OH excluding ortho intramolecular Hbond substituents is 2. The van der Waals surface area contributed by atoms with Crippen molar-refractivity contribution in [2.75, 3.05) is 5.75 Å². The number of benzene rings is 1. The van der Waals surface area contributed by atoms with Gasteiger partial charge in [-0.2, -0.15) is 0 Å². The monoisotopic (exact) mass is 402 g/mol. The average molecular weight is 402 g/mol. The molecule has 2 N–H and O–H groups in total. The first-order chi connectivity index (χ1) is 12.8. The Morgan fingerprint density at radius 2 is 2.11 bits per heavy atom. The van der Waals surface area contributed by atoms with Crippen molar-refractivity contribution >= 4 is 39.1 Å². The van der Waals surface area contributed by atoms with E-state index in [1.165, 1.54) is 28.0 Å². The Hall–Kier alpha value is -2.58. The van der Waals surface area contributed by atoms with Crippen molar-refractivity contribution in [3.05, 3.63) is 57.2 Å². The van der Waals surface area contributed by atoms with Crippen molar-refractivity contribution < 1.29 is 15.0 Å². The Kier molecular flexibility index (Phi) is 5.38. The Morgan fingerprint density at radius 1 is 1.37 bits per heavy atom. The van der Waals surface area contributed by atoms with Gasteiger partial charge in [-0.3, -0.25) is 14.2 Å². The van der Waals surface area contributed by atoms with Gasteiger partial charge in [0.1, 0.15) is 16.3 Å². The van der Waals surface area contributed by atoms with Crippen LogP contribution < -0.4 is 5.56 Å². The lowest BCUT2D eigenvalue weighted by Gasteiger charge is -2.10. The number of aromatic hydroxyl groups is 2. The summed E-state index contributed by atoms with van der Waals surface area (Å²) in [6.07, 6.45) is 1.61. The highest BCUT2D eigenvalue weighted by molar-refractivity contribution is 7.99. The zero-order chi connectivity index (χ0) is 19.7. The van der Waals surface area contributed by atoms with Gasteiger partial charge in [0.15, 0.2) is 10.9 Å². The lowest BCUT2D eigenvalue weighted by atomic mass is 10.1. The third-order valence-electron chi connectivity index (χ3n) is 4.18. The van der Waals surface area contributed by atoms with Crippen LogP contribution in [0.25, 0.3) is 10.2 Å². The highest BCUT2D eigenvalue weighted by atomic mass is 32.2. The van der Waals surface area contributed by atoms with Crippen LogP contribution in [0, 0.1) is 13.8 Å². The van der Waals surface area contributed by atoms with Gasteiger partial charge in [-0.05, 0) is 31.5 Å². The summed E-state index contributed by atoms with van der Waals surface area (Å²) >= 11 is 2.59. The molecule has 27 heavy (non-hydrogen) atoms. The molecule has 0 aliphatic heterocycles. The van der Waals surface area contributed by atoms with Crippen LogP contribution in [-0.2, 0) is 6.54 Å². The number of Topliss-reactive ketones (excluding diaryl/α,β-unsaturated/α-hetero) is 1. The van der Waals surface area contributed by atoms with Gasteiger partial charge in [-0.1, -0.05) is 17.8 Å². The maximum Gasteiger partial charge on any atom is 0.263 e. The minimum Gasteiger partial charge on any atom is -0.508 e. The Bertz CT molecular complexity index is 1120. The van der Waals surface area contributed by atoms with Crippen LogP contribution in [0.3, 0.4) is 0 Å². The minimum atomic E-state index is -0.324. The van der Waals surface area contributed by atoms with Gasteiger partial charge in [-0.25, -0.2) is 4.98 Å².